The molecule has 0 unspecified atom stereocenters. The second-order valence-corrected chi connectivity index (χ2v) is 6.25. The van der Waals surface area contributed by atoms with Gasteiger partial charge in [0.2, 0.25) is 0 Å². The van der Waals surface area contributed by atoms with E-state index in [1.165, 1.54) is 89.9 Å². The van der Waals surface area contributed by atoms with Crippen LogP contribution in [-0.4, -0.2) is 22.2 Å². The minimum atomic E-state index is -1.26. The quantitative estimate of drug-likeness (QED) is 0.274. The summed E-state index contributed by atoms with van der Waals surface area (Å²) in [4.78, 5) is 19.1. The molecule has 0 aromatic rings. The lowest BCUT2D eigenvalue weighted by Gasteiger charge is -2.02. The molecule has 0 saturated carbocycles. The van der Waals surface area contributed by atoms with Crippen LogP contribution in [-0.2, 0) is 9.59 Å². The van der Waals surface area contributed by atoms with E-state index in [0.717, 1.165) is 0 Å². The maximum absolute atomic E-state index is 9.55. The van der Waals surface area contributed by atoms with Crippen LogP contribution in [0.15, 0.2) is 12.2 Å². The van der Waals surface area contributed by atoms with E-state index in [-0.39, 0.29) is 0 Å². The first-order chi connectivity index (χ1) is 11.5. The Labute approximate surface area is 148 Å². The van der Waals surface area contributed by atoms with E-state index in [9.17, 15) is 9.59 Å². The highest BCUT2D eigenvalue weighted by Gasteiger charge is 1.93. The lowest BCUT2D eigenvalue weighted by Crippen LogP contribution is -1.91. The van der Waals surface area contributed by atoms with Crippen molar-refractivity contribution in [2.24, 2.45) is 0 Å². The molecule has 0 saturated heterocycles. The van der Waals surface area contributed by atoms with E-state index < -0.39 is 11.9 Å². The zero-order valence-electron chi connectivity index (χ0n) is 15.8. The summed E-state index contributed by atoms with van der Waals surface area (Å²) in [5.41, 5.74) is 0. The fraction of sp³-hybridized carbons (Fsp3) is 0.800. The molecule has 0 fully saturated rings. The monoisotopic (exact) mass is 342 g/mol. The second-order valence-electron chi connectivity index (χ2n) is 6.25. The standard InChI is InChI=1S/C16H34.C4H4O4/c1-3-5-7-9-11-13-15-16-14-12-10-8-6-4-2;5-3(6)1-2-4(7)8/h3-16H2,1-2H3;1-2H,(H,5,6)(H,7,8)/b;2-1-. The first-order valence-corrected chi connectivity index (χ1v) is 9.68. The highest BCUT2D eigenvalue weighted by Crippen LogP contribution is 2.12. The van der Waals surface area contributed by atoms with Gasteiger partial charge in [0.1, 0.15) is 0 Å². The summed E-state index contributed by atoms with van der Waals surface area (Å²) >= 11 is 0. The fourth-order valence-electron chi connectivity index (χ4n) is 2.41. The number of hydrogen-bond acceptors (Lipinski definition) is 2. The average Bonchev–Trinajstić information content (AvgIpc) is 2.54. The SMILES string of the molecule is CCCCCCCCCCCCCCCC.O=C(O)/C=C\C(=O)O. The molecule has 0 bridgehead atoms. The van der Waals surface area contributed by atoms with Gasteiger partial charge in [-0.25, -0.2) is 9.59 Å². The van der Waals surface area contributed by atoms with Gasteiger partial charge in [0, 0.05) is 12.2 Å². The van der Waals surface area contributed by atoms with E-state index in [1.54, 1.807) is 0 Å². The molecule has 0 aliphatic rings. The van der Waals surface area contributed by atoms with E-state index in [4.69, 9.17) is 10.2 Å². The first-order valence-electron chi connectivity index (χ1n) is 9.68. The van der Waals surface area contributed by atoms with Gasteiger partial charge in [0.05, 0.1) is 0 Å². The number of rotatable bonds is 15. The van der Waals surface area contributed by atoms with Crippen LogP contribution in [0.3, 0.4) is 0 Å². The molecule has 4 heteroatoms. The summed E-state index contributed by atoms with van der Waals surface area (Å²) in [6.45, 7) is 4.58. The zero-order chi connectivity index (χ0) is 18.5. The van der Waals surface area contributed by atoms with E-state index in [0.29, 0.717) is 12.2 Å². The minimum Gasteiger partial charge on any atom is -0.478 e. The van der Waals surface area contributed by atoms with Gasteiger partial charge in [-0.3, -0.25) is 0 Å². The molecule has 0 aliphatic heterocycles. The third kappa shape index (κ3) is 28.8. The van der Waals surface area contributed by atoms with Crippen LogP contribution in [0.2, 0.25) is 0 Å². The Morgan fingerprint density at radius 2 is 0.750 bits per heavy atom. The molecule has 0 aliphatic carbocycles. The number of unbranched alkanes of at least 4 members (excludes halogenated alkanes) is 13. The van der Waals surface area contributed by atoms with Crippen molar-refractivity contribution in [3.8, 4) is 0 Å². The van der Waals surface area contributed by atoms with Gasteiger partial charge in [0.25, 0.3) is 0 Å². The van der Waals surface area contributed by atoms with E-state index in [2.05, 4.69) is 13.8 Å². The topological polar surface area (TPSA) is 74.6 Å². The molecular formula is C20H38O4. The number of hydrogen-bond donors (Lipinski definition) is 2. The Balaban J connectivity index is 0. The molecular weight excluding hydrogens is 304 g/mol. The number of carboxylic acid groups (broad SMARTS) is 2. The normalized spacial score (nSPS) is 10.4. The van der Waals surface area contributed by atoms with Gasteiger partial charge in [-0.1, -0.05) is 104 Å². The summed E-state index contributed by atoms with van der Waals surface area (Å²) in [6, 6.07) is 0. The molecule has 0 heterocycles. The van der Waals surface area contributed by atoms with E-state index in [1.807, 2.05) is 0 Å². The van der Waals surface area contributed by atoms with Crippen LogP contribution in [0.25, 0.3) is 0 Å². The smallest absolute Gasteiger partial charge is 0.328 e. The Morgan fingerprint density at radius 1 is 0.542 bits per heavy atom. The molecule has 2 N–H and O–H groups in total. The predicted molar refractivity (Wildman–Crippen MR) is 100 cm³/mol. The van der Waals surface area contributed by atoms with Crippen LogP contribution in [0.5, 0.6) is 0 Å². The van der Waals surface area contributed by atoms with Gasteiger partial charge >= 0.3 is 11.9 Å². The summed E-state index contributed by atoms with van der Waals surface area (Å²) in [7, 11) is 0. The summed E-state index contributed by atoms with van der Waals surface area (Å²) in [5, 5.41) is 15.6. The van der Waals surface area contributed by atoms with Crippen molar-refractivity contribution < 1.29 is 19.8 Å². The molecule has 4 nitrogen and oxygen atoms in total. The van der Waals surface area contributed by atoms with Crippen molar-refractivity contribution in [3.05, 3.63) is 12.2 Å². The Morgan fingerprint density at radius 3 is 0.917 bits per heavy atom. The fourth-order valence-corrected chi connectivity index (χ4v) is 2.41. The van der Waals surface area contributed by atoms with Crippen LogP contribution in [0.1, 0.15) is 104 Å². The van der Waals surface area contributed by atoms with Crippen LogP contribution >= 0.6 is 0 Å². The lowest BCUT2D eigenvalue weighted by atomic mass is 10.0. The maximum Gasteiger partial charge on any atom is 0.328 e. The molecule has 0 rings (SSSR count). The highest BCUT2D eigenvalue weighted by atomic mass is 16.4. The van der Waals surface area contributed by atoms with E-state index >= 15 is 0 Å². The predicted octanol–water partition coefficient (Wildman–Crippen LogP) is 6.20. The van der Waals surface area contributed by atoms with Gasteiger partial charge in [-0.2, -0.15) is 0 Å². The van der Waals surface area contributed by atoms with Gasteiger partial charge in [-0.15, -0.1) is 0 Å². The minimum absolute atomic E-state index is 0.558. The van der Waals surface area contributed by atoms with Gasteiger partial charge in [0.15, 0.2) is 0 Å². The number of carboxylic acids is 2. The zero-order valence-corrected chi connectivity index (χ0v) is 15.8. The first kappa shape index (κ1) is 24.9. The van der Waals surface area contributed by atoms with Crippen molar-refractivity contribution in [1.82, 2.24) is 0 Å². The third-order valence-electron chi connectivity index (χ3n) is 3.83. The van der Waals surface area contributed by atoms with Crippen molar-refractivity contribution in [2.75, 3.05) is 0 Å². The number of carbonyl (C=O) groups is 2. The molecule has 142 valence electrons. The van der Waals surface area contributed by atoms with Gasteiger partial charge in [-0.05, 0) is 0 Å². The maximum atomic E-state index is 9.55. The molecule has 0 aromatic carbocycles. The largest absolute Gasteiger partial charge is 0.478 e. The molecule has 0 spiro atoms. The highest BCUT2D eigenvalue weighted by molar-refractivity contribution is 5.89. The number of aliphatic carboxylic acids is 2. The molecule has 0 radical (unpaired) electrons. The van der Waals surface area contributed by atoms with Crippen LogP contribution in [0.4, 0.5) is 0 Å². The van der Waals surface area contributed by atoms with Crippen molar-refractivity contribution in [1.29, 1.82) is 0 Å². The summed E-state index contributed by atoms with van der Waals surface area (Å²) < 4.78 is 0. The Bertz CT molecular complexity index is 281. The van der Waals surface area contributed by atoms with Crippen LogP contribution < -0.4 is 0 Å². The Hall–Kier alpha value is -1.32. The molecule has 0 atom stereocenters. The summed E-state index contributed by atoms with van der Waals surface area (Å²) in [5.74, 6) is -2.51. The van der Waals surface area contributed by atoms with Crippen molar-refractivity contribution >= 4 is 11.9 Å². The molecule has 0 aromatic heterocycles. The van der Waals surface area contributed by atoms with Crippen molar-refractivity contribution in [3.63, 3.8) is 0 Å². The Kier molecular flexibility index (Phi) is 22.5. The molecule has 0 amide bonds. The third-order valence-corrected chi connectivity index (χ3v) is 3.83. The van der Waals surface area contributed by atoms with Gasteiger partial charge < -0.3 is 10.2 Å². The lowest BCUT2D eigenvalue weighted by molar-refractivity contribution is -0.134. The second kappa shape index (κ2) is 21.7. The van der Waals surface area contributed by atoms with Crippen molar-refractivity contribution in [2.45, 2.75) is 104 Å². The summed E-state index contributed by atoms with van der Waals surface area (Å²) in [6.07, 6.45) is 21.5. The molecule has 24 heavy (non-hydrogen) atoms. The van der Waals surface area contributed by atoms with Crippen LogP contribution in [0, 0.1) is 0 Å². The average molecular weight is 343 g/mol.